The average Bonchev–Trinajstić information content (AvgIpc) is 3.43. The number of thioether (sulfide) groups is 1. The summed E-state index contributed by atoms with van der Waals surface area (Å²) in [6, 6.07) is 8.78. The molecular formula is C23H32N4O4S. The number of hydrogen-bond acceptors (Lipinski definition) is 7. The topological polar surface area (TPSA) is 97.1 Å². The van der Waals surface area contributed by atoms with Crippen LogP contribution in [0.1, 0.15) is 38.3 Å². The normalized spacial score (nSPS) is 21.1. The lowest BCUT2D eigenvalue weighted by molar-refractivity contribution is -0.134. The third-order valence-corrected chi connectivity index (χ3v) is 6.59. The van der Waals surface area contributed by atoms with E-state index in [2.05, 4.69) is 11.0 Å². The molecule has 2 amide bonds. The van der Waals surface area contributed by atoms with E-state index < -0.39 is 17.7 Å². The Morgan fingerprint density at radius 2 is 2.03 bits per heavy atom. The lowest BCUT2D eigenvalue weighted by Crippen LogP contribution is -2.48. The van der Waals surface area contributed by atoms with E-state index in [4.69, 9.17) is 10.00 Å². The second-order valence-electron chi connectivity index (χ2n) is 9.18. The second-order valence-corrected chi connectivity index (χ2v) is 10.3. The molecule has 0 saturated carbocycles. The molecule has 0 spiro atoms. The van der Waals surface area contributed by atoms with Gasteiger partial charge in [0.15, 0.2) is 0 Å². The van der Waals surface area contributed by atoms with Crippen LogP contribution in [0.5, 0.6) is 0 Å². The zero-order chi connectivity index (χ0) is 23.3. The monoisotopic (exact) mass is 460 g/mol. The van der Waals surface area contributed by atoms with Crippen LogP contribution in [0.4, 0.5) is 4.79 Å². The predicted octanol–water partition coefficient (Wildman–Crippen LogP) is 2.26. The number of likely N-dealkylation sites (tertiary alicyclic amines) is 1. The molecule has 0 bridgehead atoms. The Morgan fingerprint density at radius 1 is 1.31 bits per heavy atom. The van der Waals surface area contributed by atoms with Crippen LogP contribution >= 0.6 is 11.8 Å². The van der Waals surface area contributed by atoms with Gasteiger partial charge in [0, 0.05) is 38.0 Å². The highest BCUT2D eigenvalue weighted by atomic mass is 32.2. The summed E-state index contributed by atoms with van der Waals surface area (Å²) >= 11 is 1.71. The summed E-state index contributed by atoms with van der Waals surface area (Å²) in [5, 5.41) is 18.7. The van der Waals surface area contributed by atoms with Gasteiger partial charge in [0.2, 0.25) is 5.91 Å². The van der Waals surface area contributed by atoms with Crippen molar-refractivity contribution < 1.29 is 19.4 Å². The molecule has 1 aromatic rings. The van der Waals surface area contributed by atoms with Gasteiger partial charge in [-0.05, 0) is 44.9 Å². The highest BCUT2D eigenvalue weighted by Gasteiger charge is 2.45. The average molecular weight is 461 g/mol. The summed E-state index contributed by atoms with van der Waals surface area (Å²) in [5.41, 5.74) is 0.945. The highest BCUT2D eigenvalue weighted by molar-refractivity contribution is 7.99. The molecule has 2 heterocycles. The van der Waals surface area contributed by atoms with Gasteiger partial charge >= 0.3 is 6.09 Å². The first kappa shape index (κ1) is 24.4. The van der Waals surface area contributed by atoms with Crippen LogP contribution in [0.2, 0.25) is 0 Å². The van der Waals surface area contributed by atoms with Crippen LogP contribution in [-0.4, -0.2) is 87.4 Å². The zero-order valence-electron chi connectivity index (χ0n) is 19.0. The lowest BCUT2D eigenvalue weighted by Gasteiger charge is -2.30. The molecule has 3 rings (SSSR count). The van der Waals surface area contributed by atoms with Crippen LogP contribution in [0.25, 0.3) is 0 Å². The second kappa shape index (κ2) is 10.6. The summed E-state index contributed by atoms with van der Waals surface area (Å²) in [4.78, 5) is 31.7. The fourth-order valence-electron chi connectivity index (χ4n) is 4.07. The SMILES string of the molecule is CC(C)(C)OC(=O)N1C[C@@H](N(CCO)Cc2ccc(C#N)cc2)C[C@H]1C(=O)N1CCSC1. The highest BCUT2D eigenvalue weighted by Crippen LogP contribution is 2.28. The molecule has 9 heteroatoms. The quantitative estimate of drug-likeness (QED) is 0.695. The molecule has 2 saturated heterocycles. The summed E-state index contributed by atoms with van der Waals surface area (Å²) < 4.78 is 5.61. The Morgan fingerprint density at radius 3 is 2.59 bits per heavy atom. The van der Waals surface area contributed by atoms with Crippen molar-refractivity contribution in [1.82, 2.24) is 14.7 Å². The van der Waals surface area contributed by atoms with Crippen molar-refractivity contribution >= 4 is 23.8 Å². The van der Waals surface area contributed by atoms with Gasteiger partial charge in [-0.3, -0.25) is 14.6 Å². The number of benzene rings is 1. The van der Waals surface area contributed by atoms with E-state index in [1.165, 1.54) is 0 Å². The molecule has 174 valence electrons. The van der Waals surface area contributed by atoms with Crippen molar-refractivity contribution in [2.75, 3.05) is 37.9 Å². The maximum absolute atomic E-state index is 13.2. The summed E-state index contributed by atoms with van der Waals surface area (Å²) in [6.45, 7) is 7.45. The molecule has 2 aliphatic heterocycles. The number of aliphatic hydroxyl groups excluding tert-OH is 1. The number of amides is 2. The van der Waals surface area contributed by atoms with Gasteiger partial charge in [-0.15, -0.1) is 11.8 Å². The van der Waals surface area contributed by atoms with Crippen molar-refractivity contribution in [3.05, 3.63) is 35.4 Å². The van der Waals surface area contributed by atoms with Gasteiger partial charge in [0.05, 0.1) is 24.1 Å². The van der Waals surface area contributed by atoms with Crippen molar-refractivity contribution in [2.24, 2.45) is 0 Å². The van der Waals surface area contributed by atoms with Crippen LogP contribution in [-0.2, 0) is 16.1 Å². The van der Waals surface area contributed by atoms with Gasteiger partial charge in [-0.25, -0.2) is 4.79 Å². The number of rotatable bonds is 6. The van der Waals surface area contributed by atoms with Gasteiger partial charge in [0.25, 0.3) is 0 Å². The minimum absolute atomic E-state index is 0.0272. The van der Waals surface area contributed by atoms with E-state index in [9.17, 15) is 14.7 Å². The molecule has 0 radical (unpaired) electrons. The van der Waals surface area contributed by atoms with Crippen LogP contribution in [0.15, 0.2) is 24.3 Å². The van der Waals surface area contributed by atoms with Crippen LogP contribution in [0, 0.1) is 11.3 Å². The van der Waals surface area contributed by atoms with E-state index in [0.717, 1.165) is 11.3 Å². The molecule has 2 fully saturated rings. The number of carbonyl (C=O) groups excluding carboxylic acids is 2. The molecule has 0 aliphatic carbocycles. The van der Waals surface area contributed by atoms with Gasteiger partial charge in [-0.1, -0.05) is 12.1 Å². The molecule has 0 unspecified atom stereocenters. The molecule has 0 aromatic heterocycles. The fraction of sp³-hybridized carbons (Fsp3) is 0.609. The molecule has 8 nitrogen and oxygen atoms in total. The molecule has 1 N–H and O–H groups in total. The standard InChI is InChI=1S/C23H32N4O4S/c1-23(2,3)31-22(30)27-15-19(12-20(27)21(29)26-9-11-32-16-26)25(8-10-28)14-18-6-4-17(13-24)5-7-18/h4-7,19-20,28H,8-12,14-16H2,1-3H3/t19-,20-/m0/s1. The van der Waals surface area contributed by atoms with Crippen molar-refractivity contribution in [1.29, 1.82) is 5.26 Å². The first-order chi connectivity index (χ1) is 15.2. The Kier molecular flexibility index (Phi) is 8.04. The largest absolute Gasteiger partial charge is 0.444 e. The summed E-state index contributed by atoms with van der Waals surface area (Å²) in [5.74, 6) is 1.52. The lowest BCUT2D eigenvalue weighted by atomic mass is 10.1. The summed E-state index contributed by atoms with van der Waals surface area (Å²) in [6.07, 6.45) is 0.0164. The number of nitriles is 1. The third-order valence-electron chi connectivity index (χ3n) is 5.63. The third kappa shape index (κ3) is 6.15. The fourth-order valence-corrected chi connectivity index (χ4v) is 5.03. The zero-order valence-corrected chi connectivity index (χ0v) is 19.8. The first-order valence-corrected chi connectivity index (χ1v) is 12.1. The minimum atomic E-state index is -0.653. The number of hydrogen-bond donors (Lipinski definition) is 1. The Bertz CT molecular complexity index is 843. The smallest absolute Gasteiger partial charge is 0.411 e. The number of nitrogens with zero attached hydrogens (tertiary/aromatic N) is 4. The van der Waals surface area contributed by atoms with E-state index in [1.54, 1.807) is 28.8 Å². The number of aliphatic hydroxyl groups is 1. The Labute approximate surface area is 194 Å². The van der Waals surface area contributed by atoms with Gasteiger partial charge in [0.1, 0.15) is 11.6 Å². The number of ether oxygens (including phenoxy) is 1. The minimum Gasteiger partial charge on any atom is -0.444 e. The molecule has 2 atom stereocenters. The van der Waals surface area contributed by atoms with Crippen molar-refractivity contribution in [3.63, 3.8) is 0 Å². The van der Waals surface area contributed by atoms with Gasteiger partial charge < -0.3 is 14.7 Å². The molecule has 1 aromatic carbocycles. The molecule has 32 heavy (non-hydrogen) atoms. The maximum Gasteiger partial charge on any atom is 0.411 e. The van der Waals surface area contributed by atoms with Crippen molar-refractivity contribution in [3.8, 4) is 6.07 Å². The first-order valence-electron chi connectivity index (χ1n) is 10.9. The Hall–Kier alpha value is -2.28. The summed E-state index contributed by atoms with van der Waals surface area (Å²) in [7, 11) is 0. The molecular weight excluding hydrogens is 428 g/mol. The number of carbonyl (C=O) groups is 2. The van der Waals surface area contributed by atoms with E-state index in [1.807, 2.05) is 37.8 Å². The molecule has 2 aliphatic rings. The predicted molar refractivity (Wildman–Crippen MR) is 123 cm³/mol. The van der Waals surface area contributed by atoms with E-state index in [-0.39, 0.29) is 18.6 Å². The van der Waals surface area contributed by atoms with Crippen LogP contribution < -0.4 is 0 Å². The van der Waals surface area contributed by atoms with Crippen molar-refractivity contribution in [2.45, 2.75) is 51.4 Å². The van der Waals surface area contributed by atoms with Gasteiger partial charge in [-0.2, -0.15) is 5.26 Å². The Balaban J connectivity index is 1.79. The van der Waals surface area contributed by atoms with E-state index >= 15 is 0 Å². The maximum atomic E-state index is 13.2. The van der Waals surface area contributed by atoms with Crippen LogP contribution in [0.3, 0.4) is 0 Å². The van der Waals surface area contributed by atoms with E-state index in [0.29, 0.717) is 44.0 Å².